The highest BCUT2D eigenvalue weighted by Crippen LogP contribution is 2.33. The van der Waals surface area contributed by atoms with Gasteiger partial charge in [-0.05, 0) is 44.7 Å². The van der Waals surface area contributed by atoms with E-state index in [0.29, 0.717) is 13.0 Å². The second-order valence-corrected chi connectivity index (χ2v) is 5.78. The number of hydrogen-bond acceptors (Lipinski definition) is 3. The number of carbonyl (C=O) groups excluding carboxylic acids is 1. The Balaban J connectivity index is 2.27. The van der Waals surface area contributed by atoms with Crippen molar-refractivity contribution in [1.82, 2.24) is 0 Å². The molecule has 0 atom stereocenters. The summed E-state index contributed by atoms with van der Waals surface area (Å²) in [6.07, 6.45) is 1.09. The number of amides is 1. The molecule has 1 N–H and O–H groups in total. The van der Waals surface area contributed by atoms with E-state index in [2.05, 4.69) is 0 Å². The van der Waals surface area contributed by atoms with Gasteiger partial charge in [0.05, 0.1) is 5.69 Å². The van der Waals surface area contributed by atoms with Crippen molar-refractivity contribution in [2.75, 3.05) is 18.1 Å². The Hall–Kier alpha value is -1.55. The Kier molecular flexibility index (Phi) is 3.80. The third-order valence-corrected chi connectivity index (χ3v) is 3.07. The van der Waals surface area contributed by atoms with Crippen LogP contribution in [0.15, 0.2) is 18.2 Å². The molecule has 19 heavy (non-hydrogen) atoms. The predicted octanol–water partition coefficient (Wildman–Crippen LogP) is 2.52. The summed E-state index contributed by atoms with van der Waals surface area (Å²) in [5.74, 6) is 0. The molecule has 0 unspecified atom stereocenters. The summed E-state index contributed by atoms with van der Waals surface area (Å²) < 4.78 is 5.44. The molecule has 2 rings (SSSR count). The molecule has 0 radical (unpaired) electrons. The molecular weight excluding hydrogens is 242 g/mol. The summed E-state index contributed by atoms with van der Waals surface area (Å²) in [6, 6.07) is 5.96. The average molecular weight is 263 g/mol. The van der Waals surface area contributed by atoms with Gasteiger partial charge in [0.15, 0.2) is 0 Å². The number of hydrogen-bond donors (Lipinski definition) is 1. The minimum absolute atomic E-state index is 0.0820. The van der Waals surface area contributed by atoms with E-state index in [1.165, 1.54) is 0 Å². The van der Waals surface area contributed by atoms with Crippen LogP contribution >= 0.6 is 0 Å². The molecule has 0 aliphatic carbocycles. The zero-order valence-electron chi connectivity index (χ0n) is 11.8. The number of para-hydroxylation sites is 1. The largest absolute Gasteiger partial charge is 0.443 e. The zero-order valence-corrected chi connectivity index (χ0v) is 11.8. The van der Waals surface area contributed by atoms with Crippen LogP contribution in [0.25, 0.3) is 0 Å². The molecule has 1 aliphatic heterocycles. The number of rotatable bonds is 2. The van der Waals surface area contributed by atoms with Crippen molar-refractivity contribution in [2.45, 2.75) is 39.2 Å². The second-order valence-electron chi connectivity index (χ2n) is 5.78. The molecule has 0 saturated heterocycles. The van der Waals surface area contributed by atoms with E-state index in [9.17, 15) is 4.79 Å². The first kappa shape index (κ1) is 13.9. The van der Waals surface area contributed by atoms with Crippen molar-refractivity contribution in [3.8, 4) is 0 Å². The number of anilines is 1. The van der Waals surface area contributed by atoms with Crippen molar-refractivity contribution in [3.63, 3.8) is 0 Å². The number of aliphatic hydroxyl groups is 1. The van der Waals surface area contributed by atoms with E-state index in [1.54, 1.807) is 4.90 Å². The van der Waals surface area contributed by atoms with Crippen LogP contribution in [0.5, 0.6) is 0 Å². The van der Waals surface area contributed by atoms with Gasteiger partial charge in [0, 0.05) is 13.2 Å². The van der Waals surface area contributed by atoms with Crippen molar-refractivity contribution >= 4 is 11.8 Å². The third-order valence-electron chi connectivity index (χ3n) is 3.07. The lowest BCUT2D eigenvalue weighted by Gasteiger charge is -2.26. The number of aliphatic hydroxyl groups excluding tert-OH is 1. The number of ether oxygens (including phenoxy) is 1. The van der Waals surface area contributed by atoms with Crippen LogP contribution in [0.2, 0.25) is 0 Å². The van der Waals surface area contributed by atoms with Crippen LogP contribution in [0.4, 0.5) is 10.5 Å². The molecule has 4 nitrogen and oxygen atoms in total. The van der Waals surface area contributed by atoms with Gasteiger partial charge >= 0.3 is 6.09 Å². The Morgan fingerprint density at radius 1 is 1.42 bits per heavy atom. The Bertz CT molecular complexity index is 477. The SMILES string of the molecule is CC(C)(C)OC(=O)N1CCc2cccc(CCO)c21. The van der Waals surface area contributed by atoms with Gasteiger partial charge in [0.25, 0.3) is 0 Å². The molecule has 1 aromatic carbocycles. The minimum atomic E-state index is -0.494. The second kappa shape index (κ2) is 5.21. The lowest BCUT2D eigenvalue weighted by atomic mass is 10.1. The Morgan fingerprint density at radius 3 is 2.79 bits per heavy atom. The van der Waals surface area contributed by atoms with Crippen LogP contribution in [0, 0.1) is 0 Å². The highest BCUT2D eigenvalue weighted by molar-refractivity contribution is 5.91. The van der Waals surface area contributed by atoms with E-state index < -0.39 is 5.60 Å². The fourth-order valence-corrected chi connectivity index (χ4v) is 2.36. The first-order valence-electron chi connectivity index (χ1n) is 6.64. The average Bonchev–Trinajstić information content (AvgIpc) is 2.72. The molecule has 0 saturated carbocycles. The van der Waals surface area contributed by atoms with Crippen LogP contribution < -0.4 is 4.90 Å². The molecule has 0 bridgehead atoms. The monoisotopic (exact) mass is 263 g/mol. The number of benzene rings is 1. The fourth-order valence-electron chi connectivity index (χ4n) is 2.36. The third kappa shape index (κ3) is 3.07. The lowest BCUT2D eigenvalue weighted by molar-refractivity contribution is 0.0583. The van der Waals surface area contributed by atoms with Crippen molar-refractivity contribution in [3.05, 3.63) is 29.3 Å². The predicted molar refractivity (Wildman–Crippen MR) is 74.5 cm³/mol. The normalized spacial score (nSPS) is 14.4. The highest BCUT2D eigenvalue weighted by atomic mass is 16.6. The van der Waals surface area contributed by atoms with Gasteiger partial charge < -0.3 is 9.84 Å². The topological polar surface area (TPSA) is 49.8 Å². The molecule has 1 heterocycles. The minimum Gasteiger partial charge on any atom is -0.443 e. The highest BCUT2D eigenvalue weighted by Gasteiger charge is 2.30. The maximum absolute atomic E-state index is 12.2. The lowest BCUT2D eigenvalue weighted by Crippen LogP contribution is -2.36. The van der Waals surface area contributed by atoms with Crippen LogP contribution in [0.3, 0.4) is 0 Å². The van der Waals surface area contributed by atoms with Gasteiger partial charge in [-0.25, -0.2) is 4.79 Å². The maximum atomic E-state index is 12.2. The van der Waals surface area contributed by atoms with Gasteiger partial charge in [0.2, 0.25) is 0 Å². The van der Waals surface area contributed by atoms with Crippen LogP contribution in [0.1, 0.15) is 31.9 Å². The molecule has 0 fully saturated rings. The summed E-state index contributed by atoms with van der Waals surface area (Å²) >= 11 is 0. The van der Waals surface area contributed by atoms with Gasteiger partial charge in [-0.1, -0.05) is 18.2 Å². The smallest absolute Gasteiger partial charge is 0.414 e. The quantitative estimate of drug-likeness (QED) is 0.892. The molecule has 1 amide bonds. The first-order valence-corrected chi connectivity index (χ1v) is 6.64. The van der Waals surface area contributed by atoms with E-state index in [0.717, 1.165) is 23.2 Å². The Morgan fingerprint density at radius 2 is 2.16 bits per heavy atom. The molecule has 1 aliphatic rings. The number of carbonyl (C=O) groups is 1. The molecular formula is C15H21NO3. The summed E-state index contributed by atoms with van der Waals surface area (Å²) in [7, 11) is 0. The zero-order chi connectivity index (χ0) is 14.0. The van der Waals surface area contributed by atoms with E-state index >= 15 is 0 Å². The van der Waals surface area contributed by atoms with Gasteiger partial charge in [-0.15, -0.1) is 0 Å². The van der Waals surface area contributed by atoms with Crippen molar-refractivity contribution in [2.24, 2.45) is 0 Å². The number of fused-ring (bicyclic) bond motifs is 1. The Labute approximate surface area is 114 Å². The van der Waals surface area contributed by atoms with E-state index in [-0.39, 0.29) is 12.7 Å². The van der Waals surface area contributed by atoms with Gasteiger partial charge in [-0.3, -0.25) is 4.90 Å². The van der Waals surface area contributed by atoms with E-state index in [1.807, 2.05) is 39.0 Å². The molecule has 4 heteroatoms. The summed E-state index contributed by atoms with van der Waals surface area (Å²) in [4.78, 5) is 13.9. The molecule has 0 aromatic heterocycles. The summed E-state index contributed by atoms with van der Waals surface area (Å²) in [5, 5.41) is 9.13. The molecule has 104 valence electrons. The van der Waals surface area contributed by atoms with E-state index in [4.69, 9.17) is 9.84 Å². The molecule has 1 aromatic rings. The first-order chi connectivity index (χ1) is 8.92. The number of nitrogens with zero attached hydrogens (tertiary/aromatic N) is 1. The van der Waals surface area contributed by atoms with Gasteiger partial charge in [0.1, 0.15) is 5.60 Å². The van der Waals surface area contributed by atoms with Crippen LogP contribution in [-0.2, 0) is 17.6 Å². The molecule has 0 spiro atoms. The van der Waals surface area contributed by atoms with Crippen molar-refractivity contribution < 1.29 is 14.6 Å². The summed E-state index contributed by atoms with van der Waals surface area (Å²) in [5.41, 5.74) is 2.58. The standard InChI is InChI=1S/C15H21NO3/c1-15(2,3)19-14(18)16-9-7-11-5-4-6-12(8-10-17)13(11)16/h4-6,17H,7-10H2,1-3H3. The fraction of sp³-hybridized carbons (Fsp3) is 0.533. The summed E-state index contributed by atoms with van der Waals surface area (Å²) in [6.45, 7) is 6.32. The van der Waals surface area contributed by atoms with Crippen LogP contribution in [-0.4, -0.2) is 30.0 Å². The van der Waals surface area contributed by atoms with Gasteiger partial charge in [-0.2, -0.15) is 0 Å². The van der Waals surface area contributed by atoms with Crippen molar-refractivity contribution in [1.29, 1.82) is 0 Å². The maximum Gasteiger partial charge on any atom is 0.414 e.